The second kappa shape index (κ2) is 9.35. The number of nitrogens with one attached hydrogen (secondary N) is 2. The number of anilines is 2. The maximum absolute atomic E-state index is 13.3. The van der Waals surface area contributed by atoms with Crippen molar-refractivity contribution in [1.82, 2.24) is 39.0 Å². The molecular formula is C22H21F3N10O3. The summed E-state index contributed by atoms with van der Waals surface area (Å²) in [5.74, 6) is -0.276. The molecule has 1 amide bonds. The molecule has 4 aromatic rings. The Bertz CT molecular complexity index is 1630. The summed E-state index contributed by atoms with van der Waals surface area (Å²) >= 11 is 0. The van der Waals surface area contributed by atoms with Gasteiger partial charge in [-0.05, 0) is 25.8 Å². The molecule has 1 saturated heterocycles. The first kappa shape index (κ1) is 25.0. The summed E-state index contributed by atoms with van der Waals surface area (Å²) in [6.07, 6.45) is 1.32. The molecule has 16 heteroatoms. The average molecular weight is 530 g/mol. The third-order valence-electron chi connectivity index (χ3n) is 6.32. The molecule has 0 aromatic carbocycles. The van der Waals surface area contributed by atoms with Crippen molar-refractivity contribution in [1.29, 1.82) is 0 Å². The van der Waals surface area contributed by atoms with E-state index < -0.39 is 35.4 Å². The first-order valence-corrected chi connectivity index (χ1v) is 11.5. The SMILES string of the molecule is CC(C(=O)Nc1ccnc(-c2cnc(N3CCCC3C(F)(F)F)nc2)n1)n1cnc2[nH]c(=O)n(C)c(=O)c21. The van der Waals surface area contributed by atoms with Crippen LogP contribution in [0.4, 0.5) is 24.9 Å². The van der Waals surface area contributed by atoms with E-state index in [1.807, 2.05) is 0 Å². The normalized spacial score (nSPS) is 16.7. The Kier molecular flexibility index (Phi) is 6.16. The summed E-state index contributed by atoms with van der Waals surface area (Å²) in [5.41, 5.74) is -0.782. The van der Waals surface area contributed by atoms with E-state index in [4.69, 9.17) is 0 Å². The Balaban J connectivity index is 1.34. The zero-order chi connectivity index (χ0) is 27.2. The molecule has 0 saturated carbocycles. The highest BCUT2D eigenvalue weighted by Gasteiger charge is 2.46. The third-order valence-corrected chi connectivity index (χ3v) is 6.32. The van der Waals surface area contributed by atoms with Crippen LogP contribution in [-0.2, 0) is 11.8 Å². The van der Waals surface area contributed by atoms with E-state index in [1.165, 1.54) is 42.6 Å². The van der Waals surface area contributed by atoms with Crippen molar-refractivity contribution >= 4 is 28.8 Å². The second-order valence-electron chi connectivity index (χ2n) is 8.74. The predicted octanol–water partition coefficient (Wildman–Crippen LogP) is 1.40. The quantitative estimate of drug-likeness (QED) is 0.389. The summed E-state index contributed by atoms with van der Waals surface area (Å²) < 4.78 is 42.1. The van der Waals surface area contributed by atoms with E-state index in [9.17, 15) is 27.6 Å². The lowest BCUT2D eigenvalue weighted by Gasteiger charge is -2.26. The van der Waals surface area contributed by atoms with Crippen LogP contribution < -0.4 is 21.5 Å². The largest absolute Gasteiger partial charge is 0.408 e. The monoisotopic (exact) mass is 530 g/mol. The zero-order valence-electron chi connectivity index (χ0n) is 20.1. The maximum atomic E-state index is 13.3. The summed E-state index contributed by atoms with van der Waals surface area (Å²) in [6, 6.07) is -1.08. The fraction of sp³-hybridized carbons (Fsp3) is 0.364. The van der Waals surface area contributed by atoms with Gasteiger partial charge in [-0.3, -0.25) is 19.1 Å². The van der Waals surface area contributed by atoms with Gasteiger partial charge < -0.3 is 14.8 Å². The van der Waals surface area contributed by atoms with Crippen LogP contribution in [0.25, 0.3) is 22.6 Å². The zero-order valence-corrected chi connectivity index (χ0v) is 20.1. The molecule has 5 rings (SSSR count). The minimum absolute atomic E-state index is 0.0146. The van der Waals surface area contributed by atoms with Gasteiger partial charge in [0.15, 0.2) is 17.0 Å². The van der Waals surface area contributed by atoms with Crippen molar-refractivity contribution in [2.45, 2.75) is 38.0 Å². The van der Waals surface area contributed by atoms with Crippen LogP contribution in [0.1, 0.15) is 25.8 Å². The van der Waals surface area contributed by atoms with Crippen LogP contribution in [-0.4, -0.2) is 63.7 Å². The molecule has 1 aliphatic heterocycles. The molecule has 0 spiro atoms. The Morgan fingerprint density at radius 3 is 2.63 bits per heavy atom. The number of aromatic amines is 1. The van der Waals surface area contributed by atoms with E-state index in [0.29, 0.717) is 12.0 Å². The second-order valence-corrected chi connectivity index (χ2v) is 8.74. The minimum Gasteiger partial charge on any atom is -0.329 e. The number of hydrogen-bond donors (Lipinski definition) is 2. The molecule has 1 fully saturated rings. The number of fused-ring (bicyclic) bond motifs is 1. The van der Waals surface area contributed by atoms with Gasteiger partial charge in [-0.1, -0.05) is 0 Å². The number of rotatable bonds is 5. The van der Waals surface area contributed by atoms with E-state index in [0.717, 1.165) is 9.47 Å². The van der Waals surface area contributed by atoms with Crippen LogP contribution >= 0.6 is 0 Å². The molecule has 0 aliphatic carbocycles. The Labute approximate surface area is 211 Å². The van der Waals surface area contributed by atoms with Gasteiger partial charge in [0.25, 0.3) is 5.56 Å². The van der Waals surface area contributed by atoms with Crippen molar-refractivity contribution in [2.24, 2.45) is 7.05 Å². The molecule has 4 aromatic heterocycles. The fourth-order valence-corrected chi connectivity index (χ4v) is 4.25. The Hall–Kier alpha value is -4.63. The number of carbonyl (C=O) groups excluding carboxylic acids is 1. The highest BCUT2D eigenvalue weighted by Crippen LogP contribution is 2.34. The molecule has 1 aliphatic rings. The van der Waals surface area contributed by atoms with Crippen molar-refractivity contribution in [2.75, 3.05) is 16.8 Å². The van der Waals surface area contributed by atoms with Crippen LogP contribution in [0.15, 0.2) is 40.6 Å². The van der Waals surface area contributed by atoms with Gasteiger partial charge in [0.2, 0.25) is 11.9 Å². The highest BCUT2D eigenvalue weighted by molar-refractivity contribution is 5.93. The van der Waals surface area contributed by atoms with E-state index in [-0.39, 0.29) is 41.7 Å². The van der Waals surface area contributed by atoms with Gasteiger partial charge in [0, 0.05) is 32.2 Å². The first-order valence-electron chi connectivity index (χ1n) is 11.5. The number of aromatic nitrogens is 8. The lowest BCUT2D eigenvalue weighted by atomic mass is 10.2. The number of halogens is 3. The summed E-state index contributed by atoms with van der Waals surface area (Å²) in [7, 11) is 1.31. The van der Waals surface area contributed by atoms with E-state index in [1.54, 1.807) is 6.92 Å². The van der Waals surface area contributed by atoms with Gasteiger partial charge in [-0.15, -0.1) is 0 Å². The van der Waals surface area contributed by atoms with Gasteiger partial charge in [-0.25, -0.2) is 29.7 Å². The van der Waals surface area contributed by atoms with Crippen LogP contribution in [0.3, 0.4) is 0 Å². The molecule has 2 atom stereocenters. The Morgan fingerprint density at radius 2 is 1.92 bits per heavy atom. The van der Waals surface area contributed by atoms with Crippen LogP contribution in [0, 0.1) is 0 Å². The molecule has 0 bridgehead atoms. The standard InChI is InChI=1S/C22H21F3N10O3/c1-11(35-10-29-17-15(35)19(37)33(2)21(38)32-17)18(36)31-14-5-6-26-16(30-14)12-8-27-20(28-9-12)34-7-3-4-13(34)22(23,24)25/h5-6,8-11,13H,3-4,7H2,1-2H3,(H,32,38)(H,26,30,31,36). The first-order chi connectivity index (χ1) is 18.0. The topological polar surface area (TPSA) is 157 Å². The number of H-pyrrole nitrogens is 1. The van der Waals surface area contributed by atoms with Gasteiger partial charge >= 0.3 is 11.9 Å². The Morgan fingerprint density at radius 1 is 1.18 bits per heavy atom. The summed E-state index contributed by atoms with van der Waals surface area (Å²) in [4.78, 5) is 61.5. The van der Waals surface area contributed by atoms with E-state index in [2.05, 4.69) is 35.2 Å². The number of nitrogens with zero attached hydrogens (tertiary/aromatic N) is 8. The van der Waals surface area contributed by atoms with E-state index >= 15 is 0 Å². The number of alkyl halides is 3. The molecule has 13 nitrogen and oxygen atoms in total. The molecule has 198 valence electrons. The maximum Gasteiger partial charge on any atom is 0.408 e. The summed E-state index contributed by atoms with van der Waals surface area (Å²) in [6.45, 7) is 1.75. The number of imidazole rings is 1. The minimum atomic E-state index is -4.38. The van der Waals surface area contributed by atoms with Crippen molar-refractivity contribution < 1.29 is 18.0 Å². The molecule has 38 heavy (non-hydrogen) atoms. The van der Waals surface area contributed by atoms with Gasteiger partial charge in [-0.2, -0.15) is 13.2 Å². The fourth-order valence-electron chi connectivity index (χ4n) is 4.25. The predicted molar refractivity (Wildman–Crippen MR) is 128 cm³/mol. The molecular weight excluding hydrogens is 509 g/mol. The van der Waals surface area contributed by atoms with Crippen molar-refractivity contribution in [3.63, 3.8) is 0 Å². The lowest BCUT2D eigenvalue weighted by molar-refractivity contribution is -0.146. The number of amides is 1. The molecule has 2 unspecified atom stereocenters. The van der Waals surface area contributed by atoms with Crippen LogP contribution in [0.2, 0.25) is 0 Å². The van der Waals surface area contributed by atoms with Crippen molar-refractivity contribution in [3.8, 4) is 11.4 Å². The third kappa shape index (κ3) is 4.48. The lowest BCUT2D eigenvalue weighted by Crippen LogP contribution is -2.42. The molecule has 5 heterocycles. The molecule has 2 N–H and O–H groups in total. The van der Waals surface area contributed by atoms with Gasteiger partial charge in [0.1, 0.15) is 17.9 Å². The number of hydrogen-bond acceptors (Lipinski definition) is 9. The summed E-state index contributed by atoms with van der Waals surface area (Å²) in [5, 5.41) is 2.64. The number of carbonyl (C=O) groups is 1. The van der Waals surface area contributed by atoms with Crippen LogP contribution in [0.5, 0.6) is 0 Å². The molecule has 0 radical (unpaired) electrons. The highest BCUT2D eigenvalue weighted by atomic mass is 19.4. The average Bonchev–Trinajstić information content (AvgIpc) is 3.55. The van der Waals surface area contributed by atoms with Gasteiger partial charge in [0.05, 0.1) is 11.9 Å². The van der Waals surface area contributed by atoms with Crippen molar-refractivity contribution in [3.05, 3.63) is 51.8 Å². The smallest absolute Gasteiger partial charge is 0.329 e.